The average Bonchev–Trinajstić information content (AvgIpc) is 2.97. The van der Waals surface area contributed by atoms with E-state index in [2.05, 4.69) is 10.2 Å². The average molecular weight is 370 g/mol. The maximum Gasteiger partial charge on any atom is 0.251 e. The second-order valence-electron chi connectivity index (χ2n) is 7.69. The first-order valence-corrected chi connectivity index (χ1v) is 9.62. The lowest BCUT2D eigenvalue weighted by Crippen LogP contribution is -2.33. The van der Waals surface area contributed by atoms with Gasteiger partial charge in [-0.15, -0.1) is 0 Å². The van der Waals surface area contributed by atoms with Crippen LogP contribution in [-0.2, 0) is 0 Å². The highest BCUT2D eigenvalue weighted by atomic mass is 19.1. The molecule has 1 N–H and O–H groups in total. The maximum absolute atomic E-state index is 13.1. The van der Waals surface area contributed by atoms with Gasteiger partial charge >= 0.3 is 0 Å². The van der Waals surface area contributed by atoms with E-state index in [9.17, 15) is 13.6 Å². The van der Waals surface area contributed by atoms with Gasteiger partial charge in [0.2, 0.25) is 0 Å². The monoisotopic (exact) mass is 370 g/mol. The summed E-state index contributed by atoms with van der Waals surface area (Å²) in [7, 11) is 0. The van der Waals surface area contributed by atoms with E-state index < -0.39 is 0 Å². The summed E-state index contributed by atoms with van der Waals surface area (Å²) in [6, 6.07) is 12.5. The van der Waals surface area contributed by atoms with Gasteiger partial charge in [-0.3, -0.25) is 4.79 Å². The Kier molecular flexibility index (Phi) is 5.21. The molecule has 3 nitrogen and oxygen atoms in total. The molecule has 4 rings (SSSR count). The topological polar surface area (TPSA) is 32.3 Å². The Morgan fingerprint density at radius 3 is 2.37 bits per heavy atom. The Morgan fingerprint density at radius 1 is 1.00 bits per heavy atom. The summed E-state index contributed by atoms with van der Waals surface area (Å²) in [5.74, 6) is 1.30. The van der Waals surface area contributed by atoms with Crippen LogP contribution < -0.4 is 5.32 Å². The van der Waals surface area contributed by atoms with Crippen molar-refractivity contribution in [1.82, 2.24) is 10.2 Å². The number of carbonyl (C=O) groups is 1. The van der Waals surface area contributed by atoms with E-state index in [1.807, 2.05) is 12.1 Å². The number of amides is 1. The summed E-state index contributed by atoms with van der Waals surface area (Å²) in [6.45, 7) is 3.78. The first-order valence-electron chi connectivity index (χ1n) is 9.62. The van der Waals surface area contributed by atoms with Crippen molar-refractivity contribution < 1.29 is 13.6 Å². The molecule has 1 aliphatic carbocycles. The molecule has 1 heterocycles. The molecule has 5 heteroatoms. The molecule has 2 aromatic rings. The van der Waals surface area contributed by atoms with Crippen LogP contribution >= 0.6 is 0 Å². The summed E-state index contributed by atoms with van der Waals surface area (Å²) in [4.78, 5) is 14.5. The number of fused-ring (bicyclic) bond motifs is 1. The smallest absolute Gasteiger partial charge is 0.251 e. The Morgan fingerprint density at radius 2 is 1.67 bits per heavy atom. The van der Waals surface area contributed by atoms with Gasteiger partial charge in [0.1, 0.15) is 11.6 Å². The van der Waals surface area contributed by atoms with E-state index in [-0.39, 0.29) is 17.5 Å². The van der Waals surface area contributed by atoms with Gasteiger partial charge in [0.15, 0.2) is 0 Å². The van der Waals surface area contributed by atoms with E-state index in [1.54, 1.807) is 12.1 Å². The van der Waals surface area contributed by atoms with Gasteiger partial charge in [0.25, 0.3) is 5.91 Å². The van der Waals surface area contributed by atoms with Crippen LogP contribution in [0.2, 0.25) is 0 Å². The Bertz CT molecular complexity index is 791. The zero-order valence-corrected chi connectivity index (χ0v) is 15.2. The van der Waals surface area contributed by atoms with E-state index in [1.165, 1.54) is 36.2 Å². The molecule has 3 unspecified atom stereocenters. The summed E-state index contributed by atoms with van der Waals surface area (Å²) in [5.41, 5.74) is 1.74. The van der Waals surface area contributed by atoms with Crippen LogP contribution in [0.15, 0.2) is 48.5 Å². The van der Waals surface area contributed by atoms with Crippen molar-refractivity contribution >= 4 is 5.91 Å². The van der Waals surface area contributed by atoms with Crippen LogP contribution in [0.3, 0.4) is 0 Å². The largest absolute Gasteiger partial charge is 0.352 e. The molecule has 1 saturated heterocycles. The van der Waals surface area contributed by atoms with Gasteiger partial charge in [-0.1, -0.05) is 12.1 Å². The second kappa shape index (κ2) is 7.77. The van der Waals surface area contributed by atoms with Crippen LogP contribution in [0, 0.1) is 23.5 Å². The SMILES string of the molecule is O=C(NCCCN1CC2CC(c3ccc(F)cc3)C2C1)c1ccc(F)cc1. The molecule has 0 bridgehead atoms. The highest BCUT2D eigenvalue weighted by molar-refractivity contribution is 5.94. The lowest BCUT2D eigenvalue weighted by molar-refractivity contribution is 0.0952. The van der Waals surface area contributed by atoms with Crippen LogP contribution in [0.5, 0.6) is 0 Å². The van der Waals surface area contributed by atoms with Crippen LogP contribution in [-0.4, -0.2) is 37.0 Å². The first-order chi connectivity index (χ1) is 13.1. The van der Waals surface area contributed by atoms with Gasteiger partial charge in [0, 0.05) is 25.2 Å². The third-order valence-electron chi connectivity index (χ3n) is 5.98. The third-order valence-corrected chi connectivity index (χ3v) is 5.98. The maximum atomic E-state index is 13.1. The highest BCUT2D eigenvalue weighted by Gasteiger charge is 2.47. The van der Waals surface area contributed by atoms with Crippen LogP contribution in [0.1, 0.15) is 34.7 Å². The second-order valence-corrected chi connectivity index (χ2v) is 7.69. The van der Waals surface area contributed by atoms with Gasteiger partial charge < -0.3 is 10.2 Å². The number of halogens is 2. The van der Waals surface area contributed by atoms with Crippen LogP contribution in [0.25, 0.3) is 0 Å². The van der Waals surface area contributed by atoms with E-state index in [4.69, 9.17) is 0 Å². The van der Waals surface area contributed by atoms with Gasteiger partial charge in [-0.25, -0.2) is 8.78 Å². The number of benzene rings is 2. The number of nitrogens with zero attached hydrogens (tertiary/aromatic N) is 1. The molecule has 1 saturated carbocycles. The molecule has 3 atom stereocenters. The molecule has 27 heavy (non-hydrogen) atoms. The van der Waals surface area contributed by atoms with Gasteiger partial charge in [0.05, 0.1) is 0 Å². The molecule has 0 spiro atoms. The quantitative estimate of drug-likeness (QED) is 0.784. The molecule has 2 aliphatic rings. The molecule has 2 fully saturated rings. The Hall–Kier alpha value is -2.27. The molecule has 142 valence electrons. The molecule has 1 amide bonds. The molecule has 1 aliphatic heterocycles. The van der Waals surface area contributed by atoms with Crippen molar-refractivity contribution in [2.24, 2.45) is 11.8 Å². The summed E-state index contributed by atoms with van der Waals surface area (Å²) >= 11 is 0. The van der Waals surface area contributed by atoms with Gasteiger partial charge in [-0.2, -0.15) is 0 Å². The predicted molar refractivity (Wildman–Crippen MR) is 101 cm³/mol. The summed E-state index contributed by atoms with van der Waals surface area (Å²) < 4.78 is 26.0. The summed E-state index contributed by atoms with van der Waals surface area (Å²) in [5, 5.41) is 2.90. The minimum absolute atomic E-state index is 0.159. The molecular formula is C22H24F2N2O. The number of nitrogens with one attached hydrogen (secondary N) is 1. The molecular weight excluding hydrogens is 346 g/mol. The number of rotatable bonds is 6. The van der Waals surface area contributed by atoms with Crippen molar-refractivity contribution in [3.8, 4) is 0 Å². The minimum Gasteiger partial charge on any atom is -0.352 e. The van der Waals surface area contributed by atoms with Crippen molar-refractivity contribution in [1.29, 1.82) is 0 Å². The Balaban J connectivity index is 1.19. The zero-order valence-electron chi connectivity index (χ0n) is 15.2. The predicted octanol–water partition coefficient (Wildman–Crippen LogP) is 3.82. The minimum atomic E-state index is -0.339. The van der Waals surface area contributed by atoms with E-state index in [0.717, 1.165) is 32.0 Å². The number of likely N-dealkylation sites (tertiary alicyclic amines) is 1. The normalized spacial score (nSPS) is 24.3. The molecule has 0 aromatic heterocycles. The zero-order chi connectivity index (χ0) is 18.8. The molecule has 2 aromatic carbocycles. The Labute approximate surface area is 158 Å². The molecule has 0 radical (unpaired) electrons. The first kappa shape index (κ1) is 18.1. The van der Waals surface area contributed by atoms with Crippen molar-refractivity contribution in [2.75, 3.05) is 26.2 Å². The van der Waals surface area contributed by atoms with Gasteiger partial charge in [-0.05, 0) is 79.1 Å². The fourth-order valence-electron chi connectivity index (χ4n) is 4.48. The standard InChI is InChI=1S/C22H24F2N2O/c23-18-6-2-15(3-7-18)20-12-17-13-26(14-21(17)20)11-1-10-25-22(27)16-4-8-19(24)9-5-16/h2-9,17,20-21H,1,10-14H2,(H,25,27). The lowest BCUT2D eigenvalue weighted by atomic mass is 9.64. The number of hydrogen-bond acceptors (Lipinski definition) is 2. The van der Waals surface area contributed by atoms with Crippen molar-refractivity contribution in [2.45, 2.75) is 18.8 Å². The number of hydrogen-bond donors (Lipinski definition) is 1. The van der Waals surface area contributed by atoms with Crippen molar-refractivity contribution in [3.63, 3.8) is 0 Å². The highest BCUT2D eigenvalue weighted by Crippen LogP contribution is 2.51. The third kappa shape index (κ3) is 4.03. The van der Waals surface area contributed by atoms with E-state index >= 15 is 0 Å². The van der Waals surface area contributed by atoms with E-state index in [0.29, 0.717) is 23.9 Å². The summed E-state index contributed by atoms with van der Waals surface area (Å²) in [6.07, 6.45) is 2.09. The lowest BCUT2D eigenvalue weighted by Gasteiger charge is -2.40. The van der Waals surface area contributed by atoms with Crippen molar-refractivity contribution in [3.05, 3.63) is 71.3 Å². The fourth-order valence-corrected chi connectivity index (χ4v) is 4.48. The fraction of sp³-hybridized carbons (Fsp3) is 0.409. The number of carbonyl (C=O) groups excluding carboxylic acids is 1. The van der Waals surface area contributed by atoms with Crippen LogP contribution in [0.4, 0.5) is 8.78 Å².